The molecule has 0 aromatic carbocycles. The minimum atomic E-state index is -0.230. The zero-order chi connectivity index (χ0) is 14.7. The molecule has 0 saturated carbocycles. The van der Waals surface area contributed by atoms with Gasteiger partial charge in [0.25, 0.3) is 0 Å². The third kappa shape index (κ3) is 2.90. The fourth-order valence-electron chi connectivity index (χ4n) is 2.22. The molecule has 0 aliphatic carbocycles. The number of esters is 1. The van der Waals surface area contributed by atoms with Crippen LogP contribution in [0.1, 0.15) is 30.2 Å². The van der Waals surface area contributed by atoms with Crippen LogP contribution >= 0.6 is 11.3 Å². The SMILES string of the molecule is CCOC(=O)Cc1nc(-c2c(C)nn(CC)c2C)cs1. The van der Waals surface area contributed by atoms with E-state index in [1.54, 1.807) is 6.92 Å². The van der Waals surface area contributed by atoms with Gasteiger partial charge in [-0.15, -0.1) is 11.3 Å². The average molecular weight is 293 g/mol. The van der Waals surface area contributed by atoms with Gasteiger partial charge in [-0.25, -0.2) is 4.98 Å². The van der Waals surface area contributed by atoms with Crippen LogP contribution in [0, 0.1) is 13.8 Å². The second-order valence-corrected chi connectivity index (χ2v) is 5.41. The van der Waals surface area contributed by atoms with Gasteiger partial charge in [-0.2, -0.15) is 5.10 Å². The maximum atomic E-state index is 11.5. The summed E-state index contributed by atoms with van der Waals surface area (Å²) in [6.45, 7) is 9.14. The monoisotopic (exact) mass is 293 g/mol. The fraction of sp³-hybridized carbons (Fsp3) is 0.500. The second-order valence-electron chi connectivity index (χ2n) is 4.47. The lowest BCUT2D eigenvalue weighted by Crippen LogP contribution is -2.07. The molecule has 108 valence electrons. The van der Waals surface area contributed by atoms with Gasteiger partial charge in [0, 0.05) is 23.2 Å². The van der Waals surface area contributed by atoms with Crippen LogP contribution in [-0.4, -0.2) is 27.3 Å². The molecule has 2 aromatic rings. The third-order valence-corrected chi connectivity index (χ3v) is 3.94. The Bertz CT molecular complexity index is 616. The van der Waals surface area contributed by atoms with E-state index in [0.717, 1.165) is 34.2 Å². The molecule has 0 aliphatic heterocycles. The summed E-state index contributed by atoms with van der Waals surface area (Å²) in [4.78, 5) is 16.0. The minimum Gasteiger partial charge on any atom is -0.466 e. The summed E-state index contributed by atoms with van der Waals surface area (Å²) in [6.07, 6.45) is 0.235. The van der Waals surface area contributed by atoms with Crippen LogP contribution < -0.4 is 0 Å². The van der Waals surface area contributed by atoms with Crippen LogP contribution in [-0.2, 0) is 22.5 Å². The Kier molecular flexibility index (Phi) is 4.54. The van der Waals surface area contributed by atoms with Gasteiger partial charge in [0.1, 0.15) is 5.01 Å². The summed E-state index contributed by atoms with van der Waals surface area (Å²) >= 11 is 1.48. The Hall–Kier alpha value is -1.69. The zero-order valence-corrected chi connectivity index (χ0v) is 13.1. The summed E-state index contributed by atoms with van der Waals surface area (Å²) in [5, 5.41) is 7.25. The molecule has 5 nitrogen and oxygen atoms in total. The van der Waals surface area contributed by atoms with Crippen molar-refractivity contribution in [3.05, 3.63) is 21.8 Å². The van der Waals surface area contributed by atoms with Crippen molar-refractivity contribution < 1.29 is 9.53 Å². The van der Waals surface area contributed by atoms with Crippen molar-refractivity contribution in [2.24, 2.45) is 0 Å². The molecule has 0 amide bonds. The van der Waals surface area contributed by atoms with Crippen LogP contribution in [0.4, 0.5) is 0 Å². The van der Waals surface area contributed by atoms with E-state index >= 15 is 0 Å². The Labute approximate surface area is 122 Å². The molecule has 0 spiro atoms. The highest BCUT2D eigenvalue weighted by molar-refractivity contribution is 7.10. The molecule has 2 aromatic heterocycles. The zero-order valence-electron chi connectivity index (χ0n) is 12.3. The first kappa shape index (κ1) is 14.7. The number of thiazole rings is 1. The van der Waals surface area contributed by atoms with Gasteiger partial charge >= 0.3 is 5.97 Å². The second kappa shape index (κ2) is 6.17. The Morgan fingerprint density at radius 1 is 1.40 bits per heavy atom. The number of nitrogens with zero attached hydrogens (tertiary/aromatic N) is 3. The maximum absolute atomic E-state index is 11.5. The van der Waals surface area contributed by atoms with Gasteiger partial charge in [0.05, 0.1) is 24.4 Å². The van der Waals surface area contributed by atoms with Crippen molar-refractivity contribution in [2.75, 3.05) is 6.61 Å². The first-order chi connectivity index (χ1) is 9.56. The summed E-state index contributed by atoms with van der Waals surface area (Å²) in [5.41, 5.74) is 4.04. The molecule has 0 N–H and O–H groups in total. The smallest absolute Gasteiger partial charge is 0.312 e. The number of aryl methyl sites for hydroxylation is 2. The van der Waals surface area contributed by atoms with Crippen LogP contribution in [0.15, 0.2) is 5.38 Å². The molecule has 2 rings (SSSR count). The average Bonchev–Trinajstić information content (AvgIpc) is 2.94. The van der Waals surface area contributed by atoms with Crippen molar-refractivity contribution in [3.63, 3.8) is 0 Å². The van der Waals surface area contributed by atoms with Gasteiger partial charge < -0.3 is 4.74 Å². The summed E-state index contributed by atoms with van der Waals surface area (Å²) in [5.74, 6) is -0.230. The van der Waals surface area contributed by atoms with Crippen molar-refractivity contribution in [3.8, 4) is 11.3 Å². The van der Waals surface area contributed by atoms with E-state index in [-0.39, 0.29) is 12.4 Å². The van der Waals surface area contributed by atoms with Crippen LogP contribution in [0.2, 0.25) is 0 Å². The lowest BCUT2D eigenvalue weighted by Gasteiger charge is -2.00. The van der Waals surface area contributed by atoms with E-state index in [9.17, 15) is 4.79 Å². The predicted molar refractivity (Wildman–Crippen MR) is 78.8 cm³/mol. The van der Waals surface area contributed by atoms with E-state index in [1.807, 2.05) is 23.9 Å². The van der Waals surface area contributed by atoms with Gasteiger partial charge in [-0.3, -0.25) is 9.48 Å². The molecule has 0 bridgehead atoms. The van der Waals surface area contributed by atoms with Crippen LogP contribution in [0.25, 0.3) is 11.3 Å². The highest BCUT2D eigenvalue weighted by atomic mass is 32.1. The molecule has 0 fully saturated rings. The lowest BCUT2D eigenvalue weighted by atomic mass is 10.1. The lowest BCUT2D eigenvalue weighted by molar-refractivity contribution is -0.142. The number of hydrogen-bond acceptors (Lipinski definition) is 5. The van der Waals surface area contributed by atoms with Crippen LogP contribution in [0.5, 0.6) is 0 Å². The van der Waals surface area contributed by atoms with E-state index in [2.05, 4.69) is 17.0 Å². The Morgan fingerprint density at radius 2 is 2.15 bits per heavy atom. The van der Waals surface area contributed by atoms with Gasteiger partial charge in [-0.1, -0.05) is 0 Å². The van der Waals surface area contributed by atoms with E-state index in [0.29, 0.717) is 6.61 Å². The normalized spacial score (nSPS) is 10.8. The molecule has 0 saturated heterocycles. The van der Waals surface area contributed by atoms with Gasteiger partial charge in [-0.05, 0) is 27.7 Å². The van der Waals surface area contributed by atoms with Crippen molar-refractivity contribution in [1.82, 2.24) is 14.8 Å². The maximum Gasteiger partial charge on any atom is 0.312 e. The minimum absolute atomic E-state index is 0.230. The summed E-state index contributed by atoms with van der Waals surface area (Å²) < 4.78 is 6.91. The predicted octanol–water partition coefficient (Wildman–Crippen LogP) is 2.75. The molecular formula is C14H19N3O2S. The number of carbonyl (C=O) groups excluding carboxylic acids is 1. The standard InChI is InChI=1S/C14H19N3O2S/c1-5-17-10(4)14(9(3)16-17)11-8-20-12(15-11)7-13(18)19-6-2/h8H,5-7H2,1-4H3. The molecule has 20 heavy (non-hydrogen) atoms. The van der Waals surface area contributed by atoms with Crippen molar-refractivity contribution in [2.45, 2.75) is 40.7 Å². The molecule has 0 atom stereocenters. The largest absolute Gasteiger partial charge is 0.466 e. The highest BCUT2D eigenvalue weighted by Crippen LogP contribution is 2.28. The van der Waals surface area contributed by atoms with Crippen molar-refractivity contribution >= 4 is 17.3 Å². The molecule has 2 heterocycles. The number of aromatic nitrogens is 3. The summed E-state index contributed by atoms with van der Waals surface area (Å²) in [7, 11) is 0. The first-order valence-corrected chi connectivity index (χ1v) is 7.59. The van der Waals surface area contributed by atoms with Gasteiger partial charge in [0.2, 0.25) is 0 Å². The molecule has 6 heteroatoms. The van der Waals surface area contributed by atoms with Crippen LogP contribution in [0.3, 0.4) is 0 Å². The fourth-order valence-corrected chi connectivity index (χ4v) is 2.99. The Morgan fingerprint density at radius 3 is 2.75 bits per heavy atom. The van der Waals surface area contributed by atoms with Crippen molar-refractivity contribution in [1.29, 1.82) is 0 Å². The number of hydrogen-bond donors (Lipinski definition) is 0. The molecule has 0 aliphatic rings. The third-order valence-electron chi connectivity index (χ3n) is 3.09. The summed E-state index contributed by atoms with van der Waals surface area (Å²) in [6, 6.07) is 0. The quantitative estimate of drug-likeness (QED) is 0.795. The number of ether oxygens (including phenoxy) is 1. The Balaban J connectivity index is 2.25. The molecular weight excluding hydrogens is 274 g/mol. The molecule has 0 unspecified atom stereocenters. The van der Waals surface area contributed by atoms with E-state index in [4.69, 9.17) is 4.74 Å². The topological polar surface area (TPSA) is 57.0 Å². The van der Waals surface area contributed by atoms with E-state index in [1.165, 1.54) is 11.3 Å². The van der Waals surface area contributed by atoms with Gasteiger partial charge in [0.15, 0.2) is 0 Å². The highest BCUT2D eigenvalue weighted by Gasteiger charge is 2.16. The number of carbonyl (C=O) groups is 1. The first-order valence-electron chi connectivity index (χ1n) is 6.71. The van der Waals surface area contributed by atoms with E-state index < -0.39 is 0 Å². The molecule has 0 radical (unpaired) electrons. The number of rotatable bonds is 5.